The molecule has 0 N–H and O–H groups in total. The normalized spacial score (nSPS) is 11.2. The maximum atomic E-state index is 9.75. The Morgan fingerprint density at radius 2 is 1.78 bits per heavy atom. The number of rotatable bonds is 5. The summed E-state index contributed by atoms with van der Waals surface area (Å²) in [5, 5.41) is 27.1. The molecule has 0 saturated heterocycles. The fraction of sp³-hybridized carbons (Fsp3) is 0.250. The Kier molecular flexibility index (Phi) is 5.53. The minimum atomic E-state index is 0.0353. The van der Waals surface area contributed by atoms with E-state index in [2.05, 4.69) is 47.1 Å². The summed E-state index contributed by atoms with van der Waals surface area (Å²) in [4.78, 5) is 8.04. The standard InChI is InChI=1S/C24H21N7O/c1-24(2,3)15-31-20-7-8-21(19(10-25)23(20)29-30-31)32-14-16-5-4-6-17(9-16)18-12-27-22(11-26)28-13-18/h4-9,12-13H,14-15H2,1-3H3. The van der Waals surface area contributed by atoms with Crippen molar-refractivity contribution in [1.29, 1.82) is 10.5 Å². The molecule has 4 aromatic rings. The van der Waals surface area contributed by atoms with Gasteiger partial charge in [-0.1, -0.05) is 44.2 Å². The van der Waals surface area contributed by atoms with E-state index in [-0.39, 0.29) is 17.8 Å². The Morgan fingerprint density at radius 1 is 1.00 bits per heavy atom. The minimum absolute atomic E-state index is 0.0353. The van der Waals surface area contributed by atoms with Gasteiger partial charge in [-0.15, -0.1) is 5.10 Å². The highest BCUT2D eigenvalue weighted by molar-refractivity contribution is 5.83. The lowest BCUT2D eigenvalue weighted by Gasteiger charge is -2.18. The molecule has 0 bridgehead atoms. The third kappa shape index (κ3) is 4.40. The van der Waals surface area contributed by atoms with E-state index in [1.54, 1.807) is 18.5 Å². The molecule has 158 valence electrons. The van der Waals surface area contributed by atoms with Crippen LogP contribution in [0.2, 0.25) is 0 Å². The number of ether oxygens (including phenoxy) is 1. The second-order valence-corrected chi connectivity index (χ2v) is 8.62. The summed E-state index contributed by atoms with van der Waals surface area (Å²) in [6.45, 7) is 7.35. The summed E-state index contributed by atoms with van der Waals surface area (Å²) in [6.07, 6.45) is 3.24. The van der Waals surface area contributed by atoms with Gasteiger partial charge in [-0.3, -0.25) is 0 Å². The van der Waals surface area contributed by atoms with Crippen LogP contribution in [0.3, 0.4) is 0 Å². The van der Waals surface area contributed by atoms with Gasteiger partial charge < -0.3 is 4.74 Å². The molecule has 0 fully saturated rings. The van der Waals surface area contributed by atoms with Gasteiger partial charge in [0.25, 0.3) is 0 Å². The molecular formula is C24H21N7O. The summed E-state index contributed by atoms with van der Waals surface area (Å²) in [7, 11) is 0. The number of fused-ring (bicyclic) bond motifs is 1. The van der Waals surface area contributed by atoms with Crippen LogP contribution in [-0.2, 0) is 13.2 Å². The van der Waals surface area contributed by atoms with Crippen LogP contribution >= 0.6 is 0 Å². The van der Waals surface area contributed by atoms with Crippen LogP contribution < -0.4 is 4.74 Å². The molecular weight excluding hydrogens is 402 g/mol. The fourth-order valence-corrected chi connectivity index (χ4v) is 3.35. The Hall–Kier alpha value is -4.30. The smallest absolute Gasteiger partial charge is 0.232 e. The maximum absolute atomic E-state index is 9.75. The number of nitrogens with zero attached hydrogens (tertiary/aromatic N) is 7. The van der Waals surface area contributed by atoms with E-state index >= 15 is 0 Å². The van der Waals surface area contributed by atoms with Crippen LogP contribution in [0.5, 0.6) is 5.75 Å². The van der Waals surface area contributed by atoms with Crippen molar-refractivity contribution in [2.75, 3.05) is 0 Å². The molecule has 32 heavy (non-hydrogen) atoms. The van der Waals surface area contributed by atoms with Crippen LogP contribution in [0.25, 0.3) is 22.2 Å². The number of hydrogen-bond donors (Lipinski definition) is 0. The molecule has 8 heteroatoms. The first-order valence-electron chi connectivity index (χ1n) is 10.1. The molecule has 0 aliphatic carbocycles. The zero-order valence-electron chi connectivity index (χ0n) is 18.1. The summed E-state index contributed by atoms with van der Waals surface area (Å²) in [5.74, 6) is 0.599. The Balaban J connectivity index is 1.57. The van der Waals surface area contributed by atoms with Gasteiger partial charge in [0, 0.05) is 24.5 Å². The van der Waals surface area contributed by atoms with Crippen LogP contribution in [0.4, 0.5) is 0 Å². The summed E-state index contributed by atoms with van der Waals surface area (Å²) < 4.78 is 7.81. The molecule has 0 aliphatic heterocycles. The number of nitriles is 2. The van der Waals surface area contributed by atoms with Crippen molar-refractivity contribution in [3.8, 4) is 29.0 Å². The maximum Gasteiger partial charge on any atom is 0.232 e. The average Bonchev–Trinajstić information content (AvgIpc) is 3.18. The second kappa shape index (κ2) is 8.44. The molecule has 2 heterocycles. The molecule has 0 saturated carbocycles. The molecule has 2 aromatic heterocycles. The second-order valence-electron chi connectivity index (χ2n) is 8.62. The highest BCUT2D eigenvalue weighted by Gasteiger charge is 2.18. The number of benzene rings is 2. The van der Waals surface area contributed by atoms with E-state index in [4.69, 9.17) is 10.00 Å². The molecule has 4 rings (SSSR count). The monoisotopic (exact) mass is 423 g/mol. The first kappa shape index (κ1) is 21.0. The van der Waals surface area contributed by atoms with Gasteiger partial charge in [-0.25, -0.2) is 14.6 Å². The van der Waals surface area contributed by atoms with Crippen molar-refractivity contribution in [2.24, 2.45) is 5.41 Å². The van der Waals surface area contributed by atoms with E-state index in [1.807, 2.05) is 41.1 Å². The topological polar surface area (TPSA) is 113 Å². The molecule has 0 unspecified atom stereocenters. The Bertz CT molecular complexity index is 1350. The van der Waals surface area contributed by atoms with Crippen LogP contribution in [0.15, 0.2) is 48.8 Å². The molecule has 0 atom stereocenters. The third-order valence-electron chi connectivity index (χ3n) is 4.79. The van der Waals surface area contributed by atoms with Gasteiger partial charge in [-0.2, -0.15) is 10.5 Å². The lowest BCUT2D eigenvalue weighted by molar-refractivity contribution is 0.305. The van der Waals surface area contributed by atoms with Crippen LogP contribution in [0, 0.1) is 28.1 Å². The van der Waals surface area contributed by atoms with E-state index in [0.29, 0.717) is 23.4 Å². The lowest BCUT2D eigenvalue weighted by Crippen LogP contribution is -2.16. The Labute approximate surface area is 185 Å². The first-order valence-corrected chi connectivity index (χ1v) is 10.1. The van der Waals surface area contributed by atoms with Gasteiger partial charge in [0.2, 0.25) is 5.82 Å². The third-order valence-corrected chi connectivity index (χ3v) is 4.79. The minimum Gasteiger partial charge on any atom is -0.487 e. The van der Waals surface area contributed by atoms with Crippen LogP contribution in [-0.4, -0.2) is 25.0 Å². The van der Waals surface area contributed by atoms with Crippen molar-refractivity contribution in [1.82, 2.24) is 25.0 Å². The molecule has 8 nitrogen and oxygen atoms in total. The highest BCUT2D eigenvalue weighted by atomic mass is 16.5. The molecule has 0 spiro atoms. The predicted octanol–water partition coefficient (Wildman–Crippen LogP) is 4.26. The lowest BCUT2D eigenvalue weighted by atomic mass is 9.97. The molecule has 2 aromatic carbocycles. The van der Waals surface area contributed by atoms with Gasteiger partial charge in [-0.05, 0) is 34.7 Å². The van der Waals surface area contributed by atoms with Gasteiger partial charge in [0.05, 0.1) is 5.52 Å². The number of aromatic nitrogens is 5. The van der Waals surface area contributed by atoms with Crippen molar-refractivity contribution < 1.29 is 4.74 Å². The van der Waals surface area contributed by atoms with E-state index < -0.39 is 0 Å². The van der Waals surface area contributed by atoms with Crippen molar-refractivity contribution in [3.63, 3.8) is 0 Å². The van der Waals surface area contributed by atoms with E-state index in [0.717, 1.165) is 22.2 Å². The van der Waals surface area contributed by atoms with E-state index in [1.165, 1.54) is 0 Å². The van der Waals surface area contributed by atoms with Crippen molar-refractivity contribution in [3.05, 3.63) is 65.7 Å². The highest BCUT2D eigenvalue weighted by Crippen LogP contribution is 2.28. The zero-order chi connectivity index (χ0) is 22.7. The summed E-state index contributed by atoms with van der Waals surface area (Å²) >= 11 is 0. The quantitative estimate of drug-likeness (QED) is 0.471. The fourth-order valence-electron chi connectivity index (χ4n) is 3.35. The van der Waals surface area contributed by atoms with Gasteiger partial charge in [0.15, 0.2) is 0 Å². The molecule has 0 amide bonds. The first-order chi connectivity index (χ1) is 15.4. The van der Waals surface area contributed by atoms with Crippen molar-refractivity contribution in [2.45, 2.75) is 33.9 Å². The Morgan fingerprint density at radius 3 is 2.47 bits per heavy atom. The van der Waals surface area contributed by atoms with Crippen LogP contribution in [0.1, 0.15) is 37.7 Å². The van der Waals surface area contributed by atoms with Gasteiger partial charge >= 0.3 is 0 Å². The summed E-state index contributed by atoms with van der Waals surface area (Å²) in [6, 6.07) is 15.6. The summed E-state index contributed by atoms with van der Waals surface area (Å²) in [5.41, 5.74) is 4.40. The SMILES string of the molecule is CC(C)(C)Cn1nnc2c(C#N)c(OCc3cccc(-c4cnc(C#N)nc4)c3)ccc21. The van der Waals surface area contributed by atoms with E-state index in [9.17, 15) is 5.26 Å². The molecule has 0 radical (unpaired) electrons. The largest absolute Gasteiger partial charge is 0.487 e. The average molecular weight is 423 g/mol. The predicted molar refractivity (Wildman–Crippen MR) is 118 cm³/mol. The molecule has 0 aliphatic rings. The van der Waals surface area contributed by atoms with Crippen molar-refractivity contribution >= 4 is 11.0 Å². The van der Waals surface area contributed by atoms with Gasteiger partial charge in [0.1, 0.15) is 35.6 Å². The number of hydrogen-bond acceptors (Lipinski definition) is 7. The zero-order valence-corrected chi connectivity index (χ0v) is 18.1.